The van der Waals surface area contributed by atoms with E-state index in [1.54, 1.807) is 0 Å². The quantitative estimate of drug-likeness (QED) is 0.751. The summed E-state index contributed by atoms with van der Waals surface area (Å²) in [5.41, 5.74) is 4.10. The Morgan fingerprint density at radius 3 is 2.38 bits per heavy atom. The fraction of sp³-hybridized carbons (Fsp3) is 0.368. The molecule has 2 rings (SSSR count). The van der Waals surface area contributed by atoms with Crippen molar-refractivity contribution in [2.24, 2.45) is 0 Å². The van der Waals surface area contributed by atoms with Crippen molar-refractivity contribution >= 4 is 15.9 Å². The molecule has 0 aliphatic carbocycles. The first kappa shape index (κ1) is 16.3. The minimum atomic E-state index is 0.478. The first-order valence-corrected chi connectivity index (χ1v) is 8.50. The lowest BCUT2D eigenvalue weighted by molar-refractivity contribution is 0.504. The minimum Gasteiger partial charge on any atom is -0.313 e. The van der Waals surface area contributed by atoms with E-state index in [1.807, 2.05) is 0 Å². The second-order valence-electron chi connectivity index (χ2n) is 5.64. The molecule has 0 aliphatic heterocycles. The van der Waals surface area contributed by atoms with Gasteiger partial charge in [0.05, 0.1) is 0 Å². The topological polar surface area (TPSA) is 12.0 Å². The summed E-state index contributed by atoms with van der Waals surface area (Å²) in [5, 5.41) is 3.69. The number of hydrogen-bond acceptors (Lipinski definition) is 1. The van der Waals surface area contributed by atoms with E-state index in [2.05, 4.69) is 83.6 Å². The monoisotopic (exact) mass is 345 g/mol. The lowest BCUT2D eigenvalue weighted by atomic mass is 9.98. The number of rotatable bonds is 7. The zero-order valence-corrected chi connectivity index (χ0v) is 14.5. The highest BCUT2D eigenvalue weighted by atomic mass is 79.9. The van der Waals surface area contributed by atoms with Gasteiger partial charge in [-0.3, -0.25) is 0 Å². The molecule has 2 heteroatoms. The zero-order chi connectivity index (χ0) is 15.1. The van der Waals surface area contributed by atoms with Gasteiger partial charge in [0.15, 0.2) is 0 Å². The van der Waals surface area contributed by atoms with E-state index in [0.29, 0.717) is 6.04 Å². The number of halogens is 1. The summed E-state index contributed by atoms with van der Waals surface area (Å²) in [6, 6.07) is 17.9. The largest absolute Gasteiger partial charge is 0.313 e. The molecule has 1 N–H and O–H groups in total. The predicted molar refractivity (Wildman–Crippen MR) is 94.8 cm³/mol. The van der Waals surface area contributed by atoms with Gasteiger partial charge >= 0.3 is 0 Å². The van der Waals surface area contributed by atoms with Crippen molar-refractivity contribution < 1.29 is 0 Å². The fourth-order valence-corrected chi connectivity index (χ4v) is 2.95. The number of benzene rings is 2. The first-order valence-electron chi connectivity index (χ1n) is 7.71. The molecular weight excluding hydrogens is 322 g/mol. The Bertz CT molecular complexity index is 548. The molecule has 0 saturated heterocycles. The summed E-state index contributed by atoms with van der Waals surface area (Å²) >= 11 is 3.66. The van der Waals surface area contributed by atoms with Gasteiger partial charge in [-0.2, -0.15) is 0 Å². The Balaban J connectivity index is 2.07. The zero-order valence-electron chi connectivity index (χ0n) is 12.9. The molecule has 0 saturated carbocycles. The summed E-state index contributed by atoms with van der Waals surface area (Å²) in [6.07, 6.45) is 3.29. The highest BCUT2D eigenvalue weighted by molar-refractivity contribution is 9.10. The van der Waals surface area contributed by atoms with Crippen molar-refractivity contribution in [3.63, 3.8) is 0 Å². The SMILES string of the molecule is CCCNC(Cc1ccc(C)cc1)Cc1ccccc1Br. The standard InChI is InChI=1S/C19H24BrN/c1-3-12-21-18(13-16-10-8-15(2)9-11-16)14-17-6-4-5-7-19(17)20/h4-11,18,21H,3,12-14H2,1-2H3. The van der Waals surface area contributed by atoms with Crippen molar-refractivity contribution in [3.8, 4) is 0 Å². The van der Waals surface area contributed by atoms with Crippen LogP contribution in [0.2, 0.25) is 0 Å². The maximum Gasteiger partial charge on any atom is 0.0207 e. The third kappa shape index (κ3) is 5.29. The van der Waals surface area contributed by atoms with Gasteiger partial charge < -0.3 is 5.32 Å². The van der Waals surface area contributed by atoms with E-state index in [0.717, 1.165) is 19.4 Å². The Labute approximate surface area is 136 Å². The van der Waals surface area contributed by atoms with Crippen molar-refractivity contribution in [1.82, 2.24) is 5.32 Å². The average molecular weight is 346 g/mol. The molecule has 112 valence electrons. The van der Waals surface area contributed by atoms with Crippen molar-refractivity contribution in [3.05, 3.63) is 69.7 Å². The van der Waals surface area contributed by atoms with E-state index in [-0.39, 0.29) is 0 Å². The van der Waals surface area contributed by atoms with Crippen LogP contribution in [0.15, 0.2) is 53.0 Å². The molecule has 0 radical (unpaired) electrons. The summed E-state index contributed by atoms with van der Waals surface area (Å²) in [5.74, 6) is 0. The third-order valence-electron chi connectivity index (χ3n) is 3.71. The van der Waals surface area contributed by atoms with Gasteiger partial charge in [0, 0.05) is 10.5 Å². The van der Waals surface area contributed by atoms with Crippen LogP contribution in [0.5, 0.6) is 0 Å². The van der Waals surface area contributed by atoms with Crippen LogP contribution < -0.4 is 5.32 Å². The second-order valence-corrected chi connectivity index (χ2v) is 6.49. The van der Waals surface area contributed by atoms with Crippen LogP contribution in [0.25, 0.3) is 0 Å². The van der Waals surface area contributed by atoms with Crippen LogP contribution in [-0.2, 0) is 12.8 Å². The normalized spacial score (nSPS) is 12.3. The van der Waals surface area contributed by atoms with Crippen LogP contribution in [0.1, 0.15) is 30.0 Å². The molecule has 1 atom stereocenters. The number of aryl methyl sites for hydroxylation is 1. The fourth-order valence-electron chi connectivity index (χ4n) is 2.50. The van der Waals surface area contributed by atoms with E-state index >= 15 is 0 Å². The molecule has 0 spiro atoms. The summed E-state index contributed by atoms with van der Waals surface area (Å²) in [4.78, 5) is 0. The van der Waals surface area contributed by atoms with Crippen LogP contribution in [0, 0.1) is 6.92 Å². The Kier molecular flexibility index (Phi) is 6.47. The smallest absolute Gasteiger partial charge is 0.0207 e. The first-order chi connectivity index (χ1) is 10.2. The van der Waals surface area contributed by atoms with E-state index in [9.17, 15) is 0 Å². The van der Waals surface area contributed by atoms with Gasteiger partial charge in [0.1, 0.15) is 0 Å². The Morgan fingerprint density at radius 1 is 1.00 bits per heavy atom. The second kappa shape index (κ2) is 8.35. The molecule has 0 amide bonds. The molecule has 2 aromatic carbocycles. The summed E-state index contributed by atoms with van der Waals surface area (Å²) in [6.45, 7) is 5.42. The van der Waals surface area contributed by atoms with Gasteiger partial charge in [-0.25, -0.2) is 0 Å². The summed E-state index contributed by atoms with van der Waals surface area (Å²) < 4.78 is 1.21. The molecule has 1 unspecified atom stereocenters. The lowest BCUT2D eigenvalue weighted by Crippen LogP contribution is -2.33. The molecule has 21 heavy (non-hydrogen) atoms. The van der Waals surface area contributed by atoms with E-state index in [4.69, 9.17) is 0 Å². The lowest BCUT2D eigenvalue weighted by Gasteiger charge is -2.19. The van der Waals surface area contributed by atoms with Crippen LogP contribution in [0.4, 0.5) is 0 Å². The molecule has 0 heterocycles. The van der Waals surface area contributed by atoms with Gasteiger partial charge in [-0.05, 0) is 49.9 Å². The van der Waals surface area contributed by atoms with Crippen molar-refractivity contribution in [1.29, 1.82) is 0 Å². The van der Waals surface area contributed by atoms with E-state index in [1.165, 1.54) is 27.6 Å². The summed E-state index contributed by atoms with van der Waals surface area (Å²) in [7, 11) is 0. The van der Waals surface area contributed by atoms with Crippen LogP contribution in [0.3, 0.4) is 0 Å². The maximum atomic E-state index is 3.69. The van der Waals surface area contributed by atoms with Crippen LogP contribution in [-0.4, -0.2) is 12.6 Å². The highest BCUT2D eigenvalue weighted by Crippen LogP contribution is 2.19. The third-order valence-corrected chi connectivity index (χ3v) is 4.48. The predicted octanol–water partition coefficient (Wildman–Crippen LogP) is 4.91. The van der Waals surface area contributed by atoms with Gasteiger partial charge in [0.2, 0.25) is 0 Å². The molecule has 0 fully saturated rings. The van der Waals surface area contributed by atoms with Gasteiger partial charge in [0.25, 0.3) is 0 Å². The molecule has 2 aromatic rings. The molecule has 0 bridgehead atoms. The van der Waals surface area contributed by atoms with Gasteiger partial charge in [-0.1, -0.05) is 70.9 Å². The highest BCUT2D eigenvalue weighted by Gasteiger charge is 2.11. The van der Waals surface area contributed by atoms with Crippen LogP contribution >= 0.6 is 15.9 Å². The molecule has 1 nitrogen and oxygen atoms in total. The number of hydrogen-bond donors (Lipinski definition) is 1. The van der Waals surface area contributed by atoms with Crippen molar-refractivity contribution in [2.75, 3.05) is 6.54 Å². The van der Waals surface area contributed by atoms with Gasteiger partial charge in [-0.15, -0.1) is 0 Å². The Hall–Kier alpha value is -1.12. The number of nitrogens with one attached hydrogen (secondary N) is 1. The Morgan fingerprint density at radius 2 is 1.71 bits per heavy atom. The molecular formula is C19H24BrN. The van der Waals surface area contributed by atoms with E-state index < -0.39 is 0 Å². The molecule has 0 aromatic heterocycles. The minimum absolute atomic E-state index is 0.478. The average Bonchev–Trinajstić information content (AvgIpc) is 2.49. The van der Waals surface area contributed by atoms with Crippen molar-refractivity contribution in [2.45, 2.75) is 39.2 Å². The maximum absolute atomic E-state index is 3.69. The molecule has 0 aliphatic rings.